The number of H-pyrrole nitrogens is 1. The van der Waals surface area contributed by atoms with Gasteiger partial charge in [0.25, 0.3) is 5.56 Å². The topological polar surface area (TPSA) is 132 Å². The second-order valence-electron chi connectivity index (χ2n) is 9.00. The zero-order chi connectivity index (χ0) is 25.0. The number of carbonyl (C=O) groups excluding carboxylic acids is 1. The number of aromatic amines is 1. The van der Waals surface area contributed by atoms with E-state index in [1.807, 2.05) is 58.9 Å². The third-order valence-electron chi connectivity index (χ3n) is 5.03. The van der Waals surface area contributed by atoms with Crippen molar-refractivity contribution >= 4 is 29.2 Å². The van der Waals surface area contributed by atoms with E-state index in [9.17, 15) is 14.4 Å². The lowest BCUT2D eigenvalue weighted by Crippen LogP contribution is -2.43. The van der Waals surface area contributed by atoms with Crippen LogP contribution >= 0.6 is 11.8 Å². The number of nitrogens with two attached hydrogens (primary N) is 1. The average molecular weight is 486 g/mol. The van der Waals surface area contributed by atoms with Gasteiger partial charge in [0, 0.05) is 18.8 Å². The zero-order valence-corrected chi connectivity index (χ0v) is 20.9. The lowest BCUT2D eigenvalue weighted by molar-refractivity contribution is -0.116. The summed E-state index contributed by atoms with van der Waals surface area (Å²) in [6.07, 6.45) is 1.59. The molecule has 0 fully saturated rings. The summed E-state index contributed by atoms with van der Waals surface area (Å²) in [4.78, 5) is 42.1. The smallest absolute Gasteiger partial charge is 0.330 e. The molecule has 1 amide bonds. The Bertz CT molecular complexity index is 1260. The highest BCUT2D eigenvalue weighted by atomic mass is 32.2. The molecule has 3 N–H and O–H groups in total. The number of aromatic nitrogens is 5. The van der Waals surface area contributed by atoms with Gasteiger partial charge in [0.2, 0.25) is 5.91 Å². The summed E-state index contributed by atoms with van der Waals surface area (Å²) >= 11 is 1.22. The van der Waals surface area contributed by atoms with Gasteiger partial charge in [0.05, 0.1) is 5.75 Å². The molecule has 3 rings (SSSR count). The number of rotatable bonds is 9. The van der Waals surface area contributed by atoms with Crippen molar-refractivity contribution in [3.05, 3.63) is 57.0 Å². The average Bonchev–Trinajstić information content (AvgIpc) is 3.23. The molecule has 0 bridgehead atoms. The molecule has 0 aliphatic carbocycles. The SMILES string of the molecule is Cc1ccc(-n2cnnc2SCC(=O)N(CC(C)C)c2c(N)n(CC(C)C)c(=O)[nH]c2=O)cc1. The summed E-state index contributed by atoms with van der Waals surface area (Å²) in [5.41, 5.74) is 7.02. The fourth-order valence-electron chi connectivity index (χ4n) is 3.48. The van der Waals surface area contributed by atoms with Crippen LogP contribution in [-0.4, -0.2) is 42.5 Å². The standard InChI is InChI=1S/C23H31N7O3S/c1-14(2)10-28(19-20(24)29(11-15(3)4)22(33)26-21(19)32)18(31)12-34-23-27-25-13-30(23)17-8-6-16(5)7-9-17/h6-9,13-15H,10-12,24H2,1-5H3,(H,26,32,33). The van der Waals surface area contributed by atoms with Gasteiger partial charge in [-0.2, -0.15) is 0 Å². The van der Waals surface area contributed by atoms with E-state index in [0.717, 1.165) is 11.3 Å². The van der Waals surface area contributed by atoms with E-state index < -0.39 is 11.2 Å². The number of benzene rings is 1. The van der Waals surface area contributed by atoms with Crippen molar-refractivity contribution in [3.63, 3.8) is 0 Å². The molecular formula is C23H31N7O3S. The Labute approximate surface area is 202 Å². The number of aryl methyl sites for hydroxylation is 1. The number of nitrogens with zero attached hydrogens (tertiary/aromatic N) is 5. The summed E-state index contributed by atoms with van der Waals surface area (Å²) in [7, 11) is 0. The highest BCUT2D eigenvalue weighted by molar-refractivity contribution is 7.99. The number of anilines is 2. The largest absolute Gasteiger partial charge is 0.383 e. The third-order valence-corrected chi connectivity index (χ3v) is 5.96. The van der Waals surface area contributed by atoms with Crippen LogP contribution in [-0.2, 0) is 11.3 Å². The maximum atomic E-state index is 13.3. The van der Waals surface area contributed by atoms with Gasteiger partial charge in [0.15, 0.2) is 10.8 Å². The summed E-state index contributed by atoms with van der Waals surface area (Å²) in [5, 5.41) is 8.67. The predicted molar refractivity (Wildman–Crippen MR) is 135 cm³/mol. The van der Waals surface area contributed by atoms with Crippen LogP contribution in [0.2, 0.25) is 0 Å². The van der Waals surface area contributed by atoms with Gasteiger partial charge < -0.3 is 10.6 Å². The Morgan fingerprint density at radius 2 is 1.82 bits per heavy atom. The number of hydrogen-bond donors (Lipinski definition) is 2. The second kappa shape index (κ2) is 10.7. The fourth-order valence-corrected chi connectivity index (χ4v) is 4.28. The summed E-state index contributed by atoms with van der Waals surface area (Å²) in [6, 6.07) is 7.88. The Morgan fingerprint density at radius 3 is 2.44 bits per heavy atom. The number of nitrogen functional groups attached to an aromatic ring is 1. The number of thioether (sulfide) groups is 1. The molecule has 0 saturated heterocycles. The Morgan fingerprint density at radius 1 is 1.15 bits per heavy atom. The number of amides is 1. The molecule has 0 atom stereocenters. The van der Waals surface area contributed by atoms with E-state index in [1.165, 1.54) is 21.2 Å². The highest BCUT2D eigenvalue weighted by Crippen LogP contribution is 2.24. The molecule has 11 heteroatoms. The normalized spacial score (nSPS) is 11.4. The van der Waals surface area contributed by atoms with Crippen LogP contribution in [0.25, 0.3) is 5.69 Å². The molecule has 3 aromatic rings. The van der Waals surface area contributed by atoms with Gasteiger partial charge in [-0.15, -0.1) is 10.2 Å². The third kappa shape index (κ3) is 5.77. The monoisotopic (exact) mass is 485 g/mol. The van der Waals surface area contributed by atoms with Crippen LogP contribution in [0.3, 0.4) is 0 Å². The highest BCUT2D eigenvalue weighted by Gasteiger charge is 2.26. The van der Waals surface area contributed by atoms with Gasteiger partial charge in [0.1, 0.15) is 12.1 Å². The number of nitrogens with one attached hydrogen (secondary N) is 1. The first-order valence-electron chi connectivity index (χ1n) is 11.1. The minimum Gasteiger partial charge on any atom is -0.383 e. The van der Waals surface area contributed by atoms with E-state index in [0.29, 0.717) is 11.7 Å². The Hall–Kier alpha value is -3.34. The molecule has 0 aliphatic heterocycles. The first-order chi connectivity index (χ1) is 16.1. The minimum absolute atomic E-state index is 0.000415. The van der Waals surface area contributed by atoms with E-state index in [1.54, 1.807) is 10.9 Å². The van der Waals surface area contributed by atoms with Gasteiger partial charge in [-0.25, -0.2) is 4.79 Å². The van der Waals surface area contributed by atoms with Crippen molar-refractivity contribution in [3.8, 4) is 5.69 Å². The quantitative estimate of drug-likeness (QED) is 0.445. The summed E-state index contributed by atoms with van der Waals surface area (Å²) in [6.45, 7) is 10.4. The maximum Gasteiger partial charge on any atom is 0.330 e. The minimum atomic E-state index is -0.677. The van der Waals surface area contributed by atoms with Gasteiger partial charge in [-0.3, -0.25) is 23.7 Å². The van der Waals surface area contributed by atoms with E-state index >= 15 is 0 Å². The Kier molecular flexibility index (Phi) is 7.98. The predicted octanol–water partition coefficient (Wildman–Crippen LogP) is 2.45. The molecular weight excluding hydrogens is 454 g/mol. The fraction of sp³-hybridized carbons (Fsp3) is 0.435. The van der Waals surface area contributed by atoms with E-state index in [4.69, 9.17) is 5.73 Å². The molecule has 0 aliphatic rings. The summed E-state index contributed by atoms with van der Waals surface area (Å²) in [5.74, 6) is -0.126. The van der Waals surface area contributed by atoms with Crippen molar-refractivity contribution in [2.75, 3.05) is 22.9 Å². The molecule has 0 unspecified atom stereocenters. The van der Waals surface area contributed by atoms with E-state index in [2.05, 4.69) is 15.2 Å². The van der Waals surface area contributed by atoms with Crippen molar-refractivity contribution in [2.24, 2.45) is 11.8 Å². The van der Waals surface area contributed by atoms with Crippen LogP contribution in [0.1, 0.15) is 33.3 Å². The molecule has 0 saturated carbocycles. The molecule has 0 spiro atoms. The molecule has 182 valence electrons. The first kappa shape index (κ1) is 25.3. The zero-order valence-electron chi connectivity index (χ0n) is 20.1. The summed E-state index contributed by atoms with van der Waals surface area (Å²) < 4.78 is 3.11. The number of hydrogen-bond acceptors (Lipinski definition) is 7. The van der Waals surface area contributed by atoms with Crippen LogP contribution in [0, 0.1) is 18.8 Å². The van der Waals surface area contributed by atoms with Crippen LogP contribution in [0.15, 0.2) is 45.3 Å². The maximum absolute atomic E-state index is 13.3. The van der Waals surface area contributed by atoms with Gasteiger partial charge >= 0.3 is 5.69 Å². The van der Waals surface area contributed by atoms with Crippen molar-refractivity contribution in [1.29, 1.82) is 0 Å². The second-order valence-corrected chi connectivity index (χ2v) is 9.95. The van der Waals surface area contributed by atoms with Crippen LogP contribution in [0.4, 0.5) is 11.5 Å². The molecule has 10 nitrogen and oxygen atoms in total. The first-order valence-corrected chi connectivity index (χ1v) is 12.1. The van der Waals surface area contributed by atoms with E-state index in [-0.39, 0.29) is 41.5 Å². The van der Waals surface area contributed by atoms with Crippen molar-refractivity contribution in [1.82, 2.24) is 24.3 Å². The molecule has 0 radical (unpaired) electrons. The van der Waals surface area contributed by atoms with Crippen LogP contribution < -0.4 is 21.9 Å². The lowest BCUT2D eigenvalue weighted by Gasteiger charge is -2.26. The van der Waals surface area contributed by atoms with Gasteiger partial charge in [-0.1, -0.05) is 57.2 Å². The van der Waals surface area contributed by atoms with Crippen LogP contribution in [0.5, 0.6) is 0 Å². The molecule has 2 aromatic heterocycles. The van der Waals surface area contributed by atoms with Crippen molar-refractivity contribution in [2.45, 2.75) is 46.3 Å². The molecule has 1 aromatic carbocycles. The Balaban J connectivity index is 1.90. The molecule has 2 heterocycles. The number of carbonyl (C=O) groups is 1. The van der Waals surface area contributed by atoms with Gasteiger partial charge in [-0.05, 0) is 30.9 Å². The van der Waals surface area contributed by atoms with Crippen molar-refractivity contribution < 1.29 is 4.79 Å². The lowest BCUT2D eigenvalue weighted by atomic mass is 10.2. The molecule has 34 heavy (non-hydrogen) atoms.